The van der Waals surface area contributed by atoms with Crippen LogP contribution in [0.3, 0.4) is 0 Å². The Labute approximate surface area is 129 Å². The highest BCUT2D eigenvalue weighted by Crippen LogP contribution is 2.16. The number of nitrogens with two attached hydrogens (primary N) is 1. The minimum absolute atomic E-state index is 0.0571. The molecule has 0 aromatic heterocycles. The molecule has 1 aromatic carbocycles. The van der Waals surface area contributed by atoms with Gasteiger partial charge >= 0.3 is 5.97 Å². The summed E-state index contributed by atoms with van der Waals surface area (Å²) in [6.07, 6.45) is -0.210. The monoisotopic (exact) mass is 328 g/mol. The molecular weight excluding hydrogens is 308 g/mol. The Morgan fingerprint density at radius 1 is 1.36 bits per heavy atom. The van der Waals surface area contributed by atoms with Gasteiger partial charge in [0.2, 0.25) is 10.0 Å². The predicted octanol–water partition coefficient (Wildman–Crippen LogP) is 0.714. The van der Waals surface area contributed by atoms with Crippen molar-refractivity contribution < 1.29 is 22.7 Å². The lowest BCUT2D eigenvalue weighted by atomic mass is 10.1. The van der Waals surface area contributed by atoms with Crippen LogP contribution in [-0.2, 0) is 19.6 Å². The standard InChI is InChI=1S/C14H20N2O5S/c1-4-7-16-13(17)10(3)21-14(18)12-8-11(22(15,19)20)6-5-9(12)2/h5-6,8,10H,4,7H2,1-3H3,(H,16,17)(H2,15,19,20). The number of hydrogen-bond donors (Lipinski definition) is 2. The number of nitrogens with one attached hydrogen (secondary N) is 1. The van der Waals surface area contributed by atoms with Crippen molar-refractivity contribution in [1.29, 1.82) is 0 Å². The predicted molar refractivity (Wildman–Crippen MR) is 80.7 cm³/mol. The van der Waals surface area contributed by atoms with Crippen molar-refractivity contribution in [2.45, 2.75) is 38.2 Å². The van der Waals surface area contributed by atoms with Crippen LogP contribution in [0.2, 0.25) is 0 Å². The highest BCUT2D eigenvalue weighted by molar-refractivity contribution is 7.89. The molecule has 1 aromatic rings. The van der Waals surface area contributed by atoms with Crippen LogP contribution in [0.25, 0.3) is 0 Å². The Kier molecular flexibility index (Phi) is 6.07. The van der Waals surface area contributed by atoms with Gasteiger partial charge in [-0.3, -0.25) is 4.79 Å². The van der Waals surface area contributed by atoms with Crippen LogP contribution in [0.15, 0.2) is 23.1 Å². The number of ether oxygens (including phenoxy) is 1. The van der Waals surface area contributed by atoms with Crippen LogP contribution in [-0.4, -0.2) is 32.9 Å². The second-order valence-electron chi connectivity index (χ2n) is 4.86. The number of amides is 1. The van der Waals surface area contributed by atoms with Gasteiger partial charge in [0.25, 0.3) is 5.91 Å². The van der Waals surface area contributed by atoms with Crippen LogP contribution in [0.1, 0.15) is 36.2 Å². The van der Waals surface area contributed by atoms with Gasteiger partial charge in [0.05, 0.1) is 10.5 Å². The van der Waals surface area contributed by atoms with Gasteiger partial charge in [-0.15, -0.1) is 0 Å². The van der Waals surface area contributed by atoms with Crippen LogP contribution in [0.4, 0.5) is 0 Å². The fourth-order valence-electron chi connectivity index (χ4n) is 1.67. The van der Waals surface area contributed by atoms with E-state index in [0.29, 0.717) is 12.1 Å². The Morgan fingerprint density at radius 3 is 2.55 bits per heavy atom. The summed E-state index contributed by atoms with van der Waals surface area (Å²) >= 11 is 0. The first kappa shape index (κ1) is 18.1. The van der Waals surface area contributed by atoms with Gasteiger partial charge in [-0.1, -0.05) is 13.0 Å². The molecular formula is C14H20N2O5S. The lowest BCUT2D eigenvalue weighted by Gasteiger charge is -2.14. The number of sulfonamides is 1. The minimum atomic E-state index is -3.92. The number of carbonyl (C=O) groups excluding carboxylic acids is 2. The van der Waals surface area contributed by atoms with Crippen molar-refractivity contribution in [1.82, 2.24) is 5.32 Å². The number of carbonyl (C=O) groups is 2. The molecule has 122 valence electrons. The molecule has 1 unspecified atom stereocenters. The topological polar surface area (TPSA) is 116 Å². The van der Waals surface area contributed by atoms with E-state index >= 15 is 0 Å². The second kappa shape index (κ2) is 7.37. The van der Waals surface area contributed by atoms with Gasteiger partial charge in [0.15, 0.2) is 6.10 Å². The summed E-state index contributed by atoms with van der Waals surface area (Å²) in [5.74, 6) is -1.18. The van der Waals surface area contributed by atoms with Crippen molar-refractivity contribution in [2.24, 2.45) is 5.14 Å². The van der Waals surface area contributed by atoms with Gasteiger partial charge in [-0.2, -0.15) is 0 Å². The first-order valence-electron chi connectivity index (χ1n) is 6.79. The van der Waals surface area contributed by atoms with E-state index in [0.717, 1.165) is 12.5 Å². The summed E-state index contributed by atoms with van der Waals surface area (Å²) in [5, 5.41) is 7.64. The lowest BCUT2D eigenvalue weighted by molar-refractivity contribution is -0.129. The molecule has 7 nitrogen and oxygen atoms in total. The molecule has 3 N–H and O–H groups in total. The molecule has 0 saturated carbocycles. The maximum atomic E-state index is 12.1. The van der Waals surface area contributed by atoms with E-state index in [1.54, 1.807) is 6.92 Å². The summed E-state index contributed by atoms with van der Waals surface area (Å²) in [7, 11) is -3.92. The molecule has 0 saturated heterocycles. The van der Waals surface area contributed by atoms with Gasteiger partial charge in [0.1, 0.15) is 0 Å². The minimum Gasteiger partial charge on any atom is -0.449 e. The van der Waals surface area contributed by atoms with Crippen LogP contribution < -0.4 is 10.5 Å². The fraction of sp³-hybridized carbons (Fsp3) is 0.429. The average molecular weight is 328 g/mol. The molecule has 0 fully saturated rings. The number of esters is 1. The van der Waals surface area contributed by atoms with E-state index in [2.05, 4.69) is 5.32 Å². The van der Waals surface area contributed by atoms with E-state index in [4.69, 9.17) is 9.88 Å². The molecule has 0 aliphatic rings. The SMILES string of the molecule is CCCNC(=O)C(C)OC(=O)c1cc(S(N)(=O)=O)ccc1C. The third-order valence-corrected chi connectivity index (χ3v) is 3.87. The van der Waals surface area contributed by atoms with Gasteiger partial charge in [-0.05, 0) is 38.0 Å². The quantitative estimate of drug-likeness (QED) is 0.746. The molecule has 8 heteroatoms. The molecule has 0 bridgehead atoms. The van der Waals surface area contributed by atoms with E-state index in [1.165, 1.54) is 19.1 Å². The normalized spacial score (nSPS) is 12.5. The third-order valence-electron chi connectivity index (χ3n) is 2.96. The molecule has 1 atom stereocenters. The molecule has 1 amide bonds. The number of aryl methyl sites for hydroxylation is 1. The van der Waals surface area contributed by atoms with Crippen molar-refractivity contribution in [3.05, 3.63) is 29.3 Å². The van der Waals surface area contributed by atoms with Gasteiger partial charge in [0, 0.05) is 6.54 Å². The molecule has 0 aliphatic heterocycles. The molecule has 22 heavy (non-hydrogen) atoms. The number of primary sulfonamides is 1. The van der Waals surface area contributed by atoms with Crippen molar-refractivity contribution >= 4 is 21.9 Å². The van der Waals surface area contributed by atoms with Crippen molar-refractivity contribution in [3.63, 3.8) is 0 Å². The highest BCUT2D eigenvalue weighted by atomic mass is 32.2. The fourth-order valence-corrected chi connectivity index (χ4v) is 2.21. The van der Waals surface area contributed by atoms with Crippen molar-refractivity contribution in [2.75, 3.05) is 6.54 Å². The first-order chi connectivity index (χ1) is 10.2. The van der Waals surface area contributed by atoms with E-state index < -0.39 is 28.0 Å². The molecule has 0 aliphatic carbocycles. The Balaban J connectivity index is 2.92. The van der Waals surface area contributed by atoms with E-state index in [9.17, 15) is 18.0 Å². The largest absolute Gasteiger partial charge is 0.449 e. The highest BCUT2D eigenvalue weighted by Gasteiger charge is 2.21. The third kappa shape index (κ3) is 4.81. The van der Waals surface area contributed by atoms with Gasteiger partial charge in [-0.25, -0.2) is 18.4 Å². The molecule has 0 radical (unpaired) electrons. The Hall–Kier alpha value is -1.93. The zero-order valence-corrected chi connectivity index (χ0v) is 13.6. The lowest BCUT2D eigenvalue weighted by Crippen LogP contribution is -2.36. The number of hydrogen-bond acceptors (Lipinski definition) is 5. The van der Waals surface area contributed by atoms with E-state index in [1.807, 2.05) is 6.92 Å². The summed E-state index contributed by atoms with van der Waals surface area (Å²) in [6, 6.07) is 3.90. The summed E-state index contributed by atoms with van der Waals surface area (Å²) in [6.45, 7) is 5.47. The van der Waals surface area contributed by atoms with Crippen molar-refractivity contribution in [3.8, 4) is 0 Å². The van der Waals surface area contributed by atoms with E-state index in [-0.39, 0.29) is 10.5 Å². The Bertz CT molecular complexity index is 670. The second-order valence-corrected chi connectivity index (χ2v) is 6.42. The molecule has 0 spiro atoms. The summed E-state index contributed by atoms with van der Waals surface area (Å²) in [5.41, 5.74) is 0.584. The zero-order chi connectivity index (χ0) is 16.9. The summed E-state index contributed by atoms with van der Waals surface area (Å²) < 4.78 is 27.7. The molecule has 1 rings (SSSR count). The molecule has 0 heterocycles. The number of rotatable bonds is 6. The maximum Gasteiger partial charge on any atom is 0.339 e. The van der Waals surface area contributed by atoms with Crippen LogP contribution in [0, 0.1) is 6.92 Å². The van der Waals surface area contributed by atoms with Crippen LogP contribution in [0.5, 0.6) is 0 Å². The average Bonchev–Trinajstić information content (AvgIpc) is 2.43. The van der Waals surface area contributed by atoms with Gasteiger partial charge < -0.3 is 10.1 Å². The zero-order valence-electron chi connectivity index (χ0n) is 12.8. The first-order valence-corrected chi connectivity index (χ1v) is 8.33. The Morgan fingerprint density at radius 2 is 2.00 bits per heavy atom. The maximum absolute atomic E-state index is 12.1. The van der Waals surface area contributed by atoms with Crippen LogP contribution >= 0.6 is 0 Å². The number of benzene rings is 1. The summed E-state index contributed by atoms with van der Waals surface area (Å²) in [4.78, 5) is 23.6. The smallest absolute Gasteiger partial charge is 0.339 e.